The molecule has 4 heteroatoms. The van der Waals surface area contributed by atoms with Gasteiger partial charge in [-0.15, -0.1) is 0 Å². The fourth-order valence-electron chi connectivity index (χ4n) is 3.05. The van der Waals surface area contributed by atoms with Crippen molar-refractivity contribution in [3.8, 4) is 0 Å². The maximum atomic E-state index is 13.5. The van der Waals surface area contributed by atoms with Crippen molar-refractivity contribution in [1.82, 2.24) is 0 Å². The lowest BCUT2D eigenvalue weighted by molar-refractivity contribution is 0.482. The number of rotatable bonds is 9. The van der Waals surface area contributed by atoms with E-state index >= 15 is 0 Å². The fraction of sp³-hybridized carbons (Fsp3) is 0.667. The van der Waals surface area contributed by atoms with Crippen LogP contribution in [0, 0.1) is 11.6 Å². The van der Waals surface area contributed by atoms with E-state index in [9.17, 15) is 13.6 Å². The standard InChI is InChI=1S/C18H30F2OSi/c1-14(2)22(21,15(3)4)12-8-6-5-7-9-16-10-11-17(19)13-18(16)20/h10-11,13-15,21H,5-9,12H2,1-4H3. The van der Waals surface area contributed by atoms with Gasteiger partial charge in [0, 0.05) is 6.07 Å². The average Bonchev–Trinajstić information content (AvgIpc) is 2.43. The van der Waals surface area contributed by atoms with Crippen LogP contribution in [-0.4, -0.2) is 13.1 Å². The van der Waals surface area contributed by atoms with Crippen LogP contribution in [0.1, 0.15) is 58.9 Å². The Hall–Kier alpha value is -0.743. The highest BCUT2D eigenvalue weighted by Crippen LogP contribution is 2.34. The Labute approximate surface area is 134 Å². The van der Waals surface area contributed by atoms with Gasteiger partial charge in [0.2, 0.25) is 0 Å². The van der Waals surface area contributed by atoms with Crippen molar-refractivity contribution in [1.29, 1.82) is 0 Å². The monoisotopic (exact) mass is 328 g/mol. The van der Waals surface area contributed by atoms with Crippen molar-refractivity contribution in [3.63, 3.8) is 0 Å². The van der Waals surface area contributed by atoms with Gasteiger partial charge < -0.3 is 4.80 Å². The summed E-state index contributed by atoms with van der Waals surface area (Å²) in [6.45, 7) is 8.51. The second-order valence-corrected chi connectivity index (χ2v) is 11.7. The Balaban J connectivity index is 2.28. The van der Waals surface area contributed by atoms with Crippen LogP contribution in [0.15, 0.2) is 18.2 Å². The van der Waals surface area contributed by atoms with Crippen LogP contribution in [-0.2, 0) is 6.42 Å². The molecule has 0 aliphatic carbocycles. The fourth-order valence-corrected chi connectivity index (χ4v) is 6.35. The van der Waals surface area contributed by atoms with E-state index in [-0.39, 0.29) is 0 Å². The minimum absolute atomic E-state index is 0.390. The first-order valence-corrected chi connectivity index (χ1v) is 10.7. The smallest absolute Gasteiger partial charge is 0.193 e. The zero-order chi connectivity index (χ0) is 16.8. The van der Waals surface area contributed by atoms with E-state index in [1.165, 1.54) is 12.1 Å². The third-order valence-corrected chi connectivity index (χ3v) is 9.94. The van der Waals surface area contributed by atoms with Crippen LogP contribution >= 0.6 is 0 Å². The lowest BCUT2D eigenvalue weighted by Gasteiger charge is -2.33. The number of aryl methyl sites for hydroxylation is 1. The molecule has 0 spiro atoms. The molecule has 1 nitrogen and oxygen atoms in total. The zero-order valence-electron chi connectivity index (χ0n) is 14.3. The minimum atomic E-state index is -2.15. The molecule has 0 radical (unpaired) electrons. The van der Waals surface area contributed by atoms with Crippen LogP contribution in [0.5, 0.6) is 0 Å². The van der Waals surface area contributed by atoms with Gasteiger partial charge in [0.1, 0.15) is 11.6 Å². The van der Waals surface area contributed by atoms with E-state index in [1.807, 2.05) is 0 Å². The molecule has 0 saturated heterocycles. The Bertz CT molecular complexity index is 452. The molecule has 1 rings (SSSR count). The van der Waals surface area contributed by atoms with Crippen LogP contribution in [0.3, 0.4) is 0 Å². The summed E-state index contributed by atoms with van der Waals surface area (Å²) in [4.78, 5) is 10.8. The largest absolute Gasteiger partial charge is 0.431 e. The van der Waals surface area contributed by atoms with Gasteiger partial charge in [0.15, 0.2) is 8.32 Å². The summed E-state index contributed by atoms with van der Waals surface area (Å²) in [6, 6.07) is 4.75. The summed E-state index contributed by atoms with van der Waals surface area (Å²) < 4.78 is 26.3. The van der Waals surface area contributed by atoms with Crippen molar-refractivity contribution < 1.29 is 13.6 Å². The summed E-state index contributed by atoms with van der Waals surface area (Å²) in [6.07, 6.45) is 4.70. The van der Waals surface area contributed by atoms with Gasteiger partial charge in [0.25, 0.3) is 0 Å². The molecule has 0 fully saturated rings. The summed E-state index contributed by atoms with van der Waals surface area (Å²) in [5, 5.41) is 0. The number of benzene rings is 1. The first-order valence-electron chi connectivity index (χ1n) is 8.43. The molecule has 22 heavy (non-hydrogen) atoms. The molecule has 0 bridgehead atoms. The van der Waals surface area contributed by atoms with E-state index in [1.54, 1.807) is 0 Å². The van der Waals surface area contributed by atoms with Crippen molar-refractivity contribution in [2.24, 2.45) is 0 Å². The highest BCUT2D eigenvalue weighted by Gasteiger charge is 2.37. The quantitative estimate of drug-likeness (QED) is 0.447. The third-order valence-electron chi connectivity index (χ3n) is 4.79. The molecule has 0 unspecified atom stereocenters. The van der Waals surface area contributed by atoms with Crippen molar-refractivity contribution >= 4 is 8.32 Å². The highest BCUT2D eigenvalue weighted by atomic mass is 28.4. The molecule has 0 aromatic heterocycles. The van der Waals surface area contributed by atoms with Gasteiger partial charge in [0.05, 0.1) is 0 Å². The molecular weight excluding hydrogens is 298 g/mol. The molecular formula is C18H30F2OSi. The van der Waals surface area contributed by atoms with E-state index in [0.29, 0.717) is 23.1 Å². The third kappa shape index (κ3) is 5.47. The topological polar surface area (TPSA) is 20.2 Å². The van der Waals surface area contributed by atoms with Gasteiger partial charge >= 0.3 is 0 Å². The first kappa shape index (κ1) is 19.3. The Morgan fingerprint density at radius 2 is 1.55 bits per heavy atom. The summed E-state index contributed by atoms with van der Waals surface area (Å²) in [5.74, 6) is -0.964. The zero-order valence-corrected chi connectivity index (χ0v) is 15.3. The average molecular weight is 329 g/mol. The van der Waals surface area contributed by atoms with E-state index in [4.69, 9.17) is 0 Å². The van der Waals surface area contributed by atoms with Crippen molar-refractivity contribution in [2.75, 3.05) is 0 Å². The maximum absolute atomic E-state index is 13.5. The van der Waals surface area contributed by atoms with Gasteiger partial charge in [-0.1, -0.05) is 53.0 Å². The van der Waals surface area contributed by atoms with E-state index in [2.05, 4.69) is 27.7 Å². The van der Waals surface area contributed by atoms with Crippen molar-refractivity contribution in [2.45, 2.75) is 76.9 Å². The second kappa shape index (κ2) is 8.78. The first-order chi connectivity index (χ1) is 10.3. The number of unbranched alkanes of at least 4 members (excludes halogenated alkanes) is 3. The van der Waals surface area contributed by atoms with Crippen LogP contribution in [0.2, 0.25) is 17.1 Å². The lowest BCUT2D eigenvalue weighted by Crippen LogP contribution is -2.41. The summed E-state index contributed by atoms with van der Waals surface area (Å²) >= 11 is 0. The maximum Gasteiger partial charge on any atom is 0.193 e. The normalized spacial score (nSPS) is 12.4. The Morgan fingerprint density at radius 1 is 0.955 bits per heavy atom. The van der Waals surface area contributed by atoms with Gasteiger partial charge in [-0.2, -0.15) is 0 Å². The molecule has 0 heterocycles. The predicted molar refractivity (Wildman–Crippen MR) is 91.5 cm³/mol. The summed E-state index contributed by atoms with van der Waals surface area (Å²) in [5.41, 5.74) is 1.37. The molecule has 0 aliphatic heterocycles. The number of hydrogen-bond donors (Lipinski definition) is 1. The summed E-state index contributed by atoms with van der Waals surface area (Å²) in [7, 11) is -2.15. The molecule has 0 aliphatic rings. The van der Waals surface area contributed by atoms with Crippen LogP contribution < -0.4 is 0 Å². The molecule has 0 saturated carbocycles. The highest BCUT2D eigenvalue weighted by molar-refractivity contribution is 6.75. The molecule has 126 valence electrons. The minimum Gasteiger partial charge on any atom is -0.431 e. The van der Waals surface area contributed by atoms with E-state index < -0.39 is 20.0 Å². The molecule has 1 aromatic rings. The lowest BCUT2D eigenvalue weighted by atomic mass is 10.1. The second-order valence-electron chi connectivity index (χ2n) is 6.95. The number of halogens is 2. The van der Waals surface area contributed by atoms with Gasteiger partial charge in [-0.05, 0) is 41.6 Å². The predicted octanol–water partition coefficient (Wildman–Crippen LogP) is 5.83. The SMILES string of the molecule is CC(C)[Si](O)(CCCCCCc1ccc(F)cc1F)C(C)C. The Morgan fingerprint density at radius 3 is 2.09 bits per heavy atom. The van der Waals surface area contributed by atoms with Crippen LogP contribution in [0.25, 0.3) is 0 Å². The van der Waals surface area contributed by atoms with Gasteiger partial charge in [-0.25, -0.2) is 8.78 Å². The Kier molecular flexibility index (Phi) is 7.70. The number of hydrogen-bond acceptors (Lipinski definition) is 1. The molecule has 1 N–H and O–H groups in total. The molecule has 0 atom stereocenters. The van der Waals surface area contributed by atoms with Gasteiger partial charge in [-0.3, -0.25) is 0 Å². The molecule has 0 amide bonds. The molecule has 1 aromatic carbocycles. The van der Waals surface area contributed by atoms with Crippen LogP contribution in [0.4, 0.5) is 8.78 Å². The van der Waals surface area contributed by atoms with E-state index in [0.717, 1.165) is 37.8 Å². The van der Waals surface area contributed by atoms with Crippen molar-refractivity contribution in [3.05, 3.63) is 35.4 Å².